The highest BCUT2D eigenvalue weighted by Gasteiger charge is 2.48. The summed E-state index contributed by atoms with van der Waals surface area (Å²) in [5.74, 6) is -1.08. The fourth-order valence-electron chi connectivity index (χ4n) is 4.78. The molecule has 0 spiro atoms. The highest BCUT2D eigenvalue weighted by molar-refractivity contribution is 5.89. The van der Waals surface area contributed by atoms with Crippen LogP contribution in [0.4, 0.5) is 4.79 Å². The lowest BCUT2D eigenvalue weighted by atomic mass is 9.81. The van der Waals surface area contributed by atoms with Crippen LogP contribution in [-0.4, -0.2) is 53.7 Å². The Morgan fingerprint density at radius 2 is 1.61 bits per heavy atom. The van der Waals surface area contributed by atoms with E-state index < -0.39 is 23.5 Å². The van der Waals surface area contributed by atoms with Gasteiger partial charge in [-0.3, -0.25) is 9.59 Å². The number of likely N-dealkylation sites (tertiary alicyclic amines) is 1. The molecule has 33 heavy (non-hydrogen) atoms. The molecule has 1 saturated heterocycles. The molecule has 174 valence electrons. The van der Waals surface area contributed by atoms with Gasteiger partial charge in [0.1, 0.15) is 12.6 Å². The highest BCUT2D eigenvalue weighted by atomic mass is 16.5. The number of hydrogen-bond donors (Lipinski definition) is 2. The zero-order valence-electron chi connectivity index (χ0n) is 19.2. The first-order valence-corrected chi connectivity index (χ1v) is 11.3. The third-order valence-electron chi connectivity index (χ3n) is 6.55. The number of benzene rings is 2. The quantitative estimate of drug-likeness (QED) is 0.668. The number of carboxylic acids is 1. The standard InChI is InChI=1S/C26H30N2O5/c1-16(2)12-22(23(29)28-14-26(3,15-28)24(30)31)27-25(32)33-13-21-19-10-6-4-8-17(19)18-9-5-7-11-20(18)21/h4-11,16,21-22H,12-15H2,1-3H3,(H,27,32)(H,30,31)/t22-/m1/s1. The van der Waals surface area contributed by atoms with Gasteiger partial charge in [-0.15, -0.1) is 0 Å². The molecule has 7 nitrogen and oxygen atoms in total. The molecule has 2 aliphatic rings. The molecule has 2 aromatic rings. The third kappa shape index (κ3) is 4.45. The molecule has 0 aromatic heterocycles. The van der Waals surface area contributed by atoms with E-state index in [0.717, 1.165) is 22.3 Å². The van der Waals surface area contributed by atoms with E-state index in [4.69, 9.17) is 4.74 Å². The summed E-state index contributed by atoms with van der Waals surface area (Å²) in [6.45, 7) is 6.01. The highest BCUT2D eigenvalue weighted by Crippen LogP contribution is 2.44. The maximum Gasteiger partial charge on any atom is 0.407 e. The van der Waals surface area contributed by atoms with Crippen LogP contribution in [0.1, 0.15) is 44.2 Å². The van der Waals surface area contributed by atoms with Crippen molar-refractivity contribution in [3.05, 3.63) is 59.7 Å². The first-order valence-electron chi connectivity index (χ1n) is 11.3. The van der Waals surface area contributed by atoms with Crippen LogP contribution in [0.15, 0.2) is 48.5 Å². The second kappa shape index (κ2) is 8.89. The molecule has 1 aliphatic heterocycles. The van der Waals surface area contributed by atoms with Crippen molar-refractivity contribution in [1.29, 1.82) is 0 Å². The zero-order chi connectivity index (χ0) is 23.8. The zero-order valence-corrected chi connectivity index (χ0v) is 19.2. The number of nitrogens with one attached hydrogen (secondary N) is 1. The van der Waals surface area contributed by atoms with Crippen LogP contribution < -0.4 is 5.32 Å². The molecule has 1 fully saturated rings. The van der Waals surface area contributed by atoms with Crippen LogP contribution in [0.3, 0.4) is 0 Å². The normalized spacial score (nSPS) is 17.0. The third-order valence-corrected chi connectivity index (χ3v) is 6.55. The lowest BCUT2D eigenvalue weighted by Crippen LogP contribution is -2.64. The van der Waals surface area contributed by atoms with Crippen LogP contribution in [-0.2, 0) is 14.3 Å². The van der Waals surface area contributed by atoms with Gasteiger partial charge in [0.05, 0.1) is 5.41 Å². The largest absolute Gasteiger partial charge is 0.481 e. The molecule has 1 heterocycles. The van der Waals surface area contributed by atoms with Crippen LogP contribution in [0.25, 0.3) is 11.1 Å². The molecule has 2 amide bonds. The summed E-state index contributed by atoms with van der Waals surface area (Å²) in [5.41, 5.74) is 3.61. The van der Waals surface area contributed by atoms with Crippen molar-refractivity contribution in [3.8, 4) is 11.1 Å². The first kappa shape index (κ1) is 22.8. The number of carbonyl (C=O) groups is 3. The van der Waals surface area contributed by atoms with Gasteiger partial charge >= 0.3 is 12.1 Å². The summed E-state index contributed by atoms with van der Waals surface area (Å²) >= 11 is 0. The monoisotopic (exact) mass is 450 g/mol. The molecule has 2 N–H and O–H groups in total. The molecule has 0 bridgehead atoms. The van der Waals surface area contributed by atoms with E-state index in [-0.39, 0.29) is 37.4 Å². The Balaban J connectivity index is 1.40. The minimum atomic E-state index is -0.929. The Bertz CT molecular complexity index is 1030. The number of nitrogens with zero attached hydrogens (tertiary/aromatic N) is 1. The minimum Gasteiger partial charge on any atom is -0.481 e. The minimum absolute atomic E-state index is 0.0611. The Labute approximate surface area is 193 Å². The van der Waals surface area contributed by atoms with E-state index in [0.29, 0.717) is 6.42 Å². The van der Waals surface area contributed by atoms with Crippen molar-refractivity contribution in [2.24, 2.45) is 11.3 Å². The Kier molecular flexibility index (Phi) is 6.15. The van der Waals surface area contributed by atoms with Gasteiger partial charge in [-0.2, -0.15) is 0 Å². The summed E-state index contributed by atoms with van der Waals surface area (Å²) < 4.78 is 5.60. The van der Waals surface area contributed by atoms with Crippen molar-refractivity contribution in [3.63, 3.8) is 0 Å². The summed E-state index contributed by atoms with van der Waals surface area (Å²) in [6, 6.07) is 15.5. The summed E-state index contributed by atoms with van der Waals surface area (Å²) in [4.78, 5) is 38.5. The molecular formula is C26H30N2O5. The molecule has 2 aromatic carbocycles. The number of amides is 2. The molecular weight excluding hydrogens is 420 g/mol. The van der Waals surface area contributed by atoms with Gasteiger partial charge in [0, 0.05) is 19.0 Å². The predicted molar refractivity (Wildman–Crippen MR) is 124 cm³/mol. The molecule has 4 rings (SSSR count). The van der Waals surface area contributed by atoms with Crippen LogP contribution in [0.5, 0.6) is 0 Å². The molecule has 1 atom stereocenters. The Morgan fingerprint density at radius 1 is 1.06 bits per heavy atom. The fourth-order valence-corrected chi connectivity index (χ4v) is 4.78. The topological polar surface area (TPSA) is 95.9 Å². The second-order valence-corrected chi connectivity index (χ2v) is 9.71. The number of fused-ring (bicyclic) bond motifs is 3. The number of hydrogen-bond acceptors (Lipinski definition) is 4. The van der Waals surface area contributed by atoms with E-state index in [1.807, 2.05) is 38.1 Å². The van der Waals surface area contributed by atoms with Gasteiger partial charge in [0.25, 0.3) is 0 Å². The van der Waals surface area contributed by atoms with E-state index in [1.165, 1.54) is 4.90 Å². The average molecular weight is 451 g/mol. The van der Waals surface area contributed by atoms with Crippen LogP contribution >= 0.6 is 0 Å². The number of carboxylic acid groups (broad SMARTS) is 1. The second-order valence-electron chi connectivity index (χ2n) is 9.71. The number of carbonyl (C=O) groups excluding carboxylic acids is 2. The van der Waals surface area contributed by atoms with E-state index >= 15 is 0 Å². The van der Waals surface area contributed by atoms with Gasteiger partial charge in [-0.1, -0.05) is 62.4 Å². The Morgan fingerprint density at radius 3 is 2.12 bits per heavy atom. The molecule has 1 aliphatic carbocycles. The van der Waals surface area contributed by atoms with Crippen molar-refractivity contribution in [2.45, 2.75) is 39.2 Å². The molecule has 7 heteroatoms. The summed E-state index contributed by atoms with van der Waals surface area (Å²) in [5, 5.41) is 12.0. The van der Waals surface area contributed by atoms with Gasteiger partial charge in [-0.25, -0.2) is 4.79 Å². The number of alkyl carbamates (subject to hydrolysis) is 1. The van der Waals surface area contributed by atoms with E-state index in [9.17, 15) is 19.5 Å². The number of aliphatic carboxylic acids is 1. The lowest BCUT2D eigenvalue weighted by Gasteiger charge is -2.46. The lowest BCUT2D eigenvalue weighted by molar-refractivity contribution is -0.164. The van der Waals surface area contributed by atoms with Crippen LogP contribution in [0, 0.1) is 11.3 Å². The number of ether oxygens (including phenoxy) is 1. The first-order chi connectivity index (χ1) is 15.7. The molecule has 0 radical (unpaired) electrons. The van der Waals surface area contributed by atoms with Crippen molar-refractivity contribution < 1.29 is 24.2 Å². The van der Waals surface area contributed by atoms with E-state index in [1.54, 1.807) is 6.92 Å². The van der Waals surface area contributed by atoms with Crippen molar-refractivity contribution in [1.82, 2.24) is 10.2 Å². The van der Waals surface area contributed by atoms with Gasteiger partial charge in [-0.05, 0) is 41.5 Å². The smallest absolute Gasteiger partial charge is 0.407 e. The number of rotatable bonds is 7. The predicted octanol–water partition coefficient (Wildman–Crippen LogP) is 3.87. The SMILES string of the molecule is CC(C)C[C@@H](NC(=O)OCC1c2ccccc2-c2ccccc21)C(=O)N1CC(C)(C(=O)O)C1. The van der Waals surface area contributed by atoms with E-state index in [2.05, 4.69) is 29.6 Å². The molecule has 0 saturated carbocycles. The fraction of sp³-hybridized carbons (Fsp3) is 0.423. The summed E-state index contributed by atoms with van der Waals surface area (Å²) in [7, 11) is 0. The van der Waals surface area contributed by atoms with Crippen molar-refractivity contribution >= 4 is 18.0 Å². The Hall–Kier alpha value is -3.35. The van der Waals surface area contributed by atoms with Crippen LogP contribution in [0.2, 0.25) is 0 Å². The molecule has 0 unspecified atom stereocenters. The summed E-state index contributed by atoms with van der Waals surface area (Å²) in [6.07, 6.45) is -0.194. The van der Waals surface area contributed by atoms with Crippen molar-refractivity contribution in [2.75, 3.05) is 19.7 Å². The van der Waals surface area contributed by atoms with Gasteiger partial charge in [0.2, 0.25) is 5.91 Å². The van der Waals surface area contributed by atoms with Gasteiger partial charge in [0.15, 0.2) is 0 Å². The maximum absolute atomic E-state index is 13.0. The average Bonchev–Trinajstić information content (AvgIpc) is 3.08. The maximum atomic E-state index is 13.0. The van der Waals surface area contributed by atoms with Gasteiger partial charge < -0.3 is 20.1 Å².